The molecule has 3 rings (SSSR count). The largest absolute Gasteiger partial charge is 0.489 e. The van der Waals surface area contributed by atoms with Crippen molar-refractivity contribution >= 4 is 17.7 Å². The highest BCUT2D eigenvalue weighted by Crippen LogP contribution is 2.17. The topological polar surface area (TPSA) is 89.5 Å². The number of hydrogen-bond acceptors (Lipinski definition) is 5. The average Bonchev–Trinajstić information content (AvgIpc) is 2.83. The number of carbonyl (C=O) groups is 2. The maximum absolute atomic E-state index is 13.1. The number of alkyl carbamates (subject to hydrolysis) is 1. The molecule has 2 aromatic carbocycles. The highest BCUT2D eigenvalue weighted by Gasteiger charge is 2.25. The Morgan fingerprint density at radius 2 is 1.51 bits per heavy atom. The summed E-state index contributed by atoms with van der Waals surface area (Å²) in [6.45, 7) is 7.85. The van der Waals surface area contributed by atoms with E-state index in [-0.39, 0.29) is 5.91 Å². The Labute approximate surface area is 206 Å². The fourth-order valence-electron chi connectivity index (χ4n) is 3.32. The minimum absolute atomic E-state index is 0.294. The first kappa shape index (κ1) is 25.7. The van der Waals surface area contributed by atoms with Crippen LogP contribution in [0.5, 0.6) is 5.75 Å². The van der Waals surface area contributed by atoms with Gasteiger partial charge in [-0.25, -0.2) is 4.79 Å². The molecule has 1 aromatic heterocycles. The van der Waals surface area contributed by atoms with Crippen LogP contribution in [0.15, 0.2) is 73.1 Å². The van der Waals surface area contributed by atoms with Gasteiger partial charge in [-0.15, -0.1) is 0 Å². The number of hydrogen-bond donors (Lipinski definition) is 2. The van der Waals surface area contributed by atoms with Crippen LogP contribution in [0, 0.1) is 0 Å². The highest BCUT2D eigenvalue weighted by molar-refractivity contribution is 5.96. The fourth-order valence-corrected chi connectivity index (χ4v) is 3.32. The summed E-state index contributed by atoms with van der Waals surface area (Å²) >= 11 is 0. The number of aromatic nitrogens is 1. The lowest BCUT2D eigenvalue weighted by molar-refractivity contribution is -0.118. The lowest BCUT2D eigenvalue weighted by Crippen LogP contribution is -2.47. The summed E-state index contributed by atoms with van der Waals surface area (Å²) < 4.78 is 11.2. The molecule has 2 N–H and O–H groups in total. The zero-order valence-corrected chi connectivity index (χ0v) is 20.7. The van der Waals surface area contributed by atoms with E-state index in [1.807, 2.05) is 60.7 Å². The van der Waals surface area contributed by atoms with E-state index >= 15 is 0 Å². The number of aryl methyl sites for hydroxylation is 1. The van der Waals surface area contributed by atoms with Gasteiger partial charge >= 0.3 is 6.09 Å². The molecule has 7 heteroatoms. The quantitative estimate of drug-likeness (QED) is 0.438. The van der Waals surface area contributed by atoms with Gasteiger partial charge in [-0.1, -0.05) is 31.2 Å². The van der Waals surface area contributed by atoms with Crippen LogP contribution in [0.3, 0.4) is 0 Å². The number of ether oxygens (including phenoxy) is 2. The molecule has 0 aliphatic heterocycles. The standard InChI is InChI=1S/C28H33N3O4/c1-5-20-6-10-23(11-7-20)30-26(32)25(31-27(33)35-28(2,3)4)18-21-8-12-24(13-9-21)34-19-22-14-16-29-17-15-22/h6-17,25H,5,18-19H2,1-4H3,(H,30,32)(H,31,33)/t25-/m0/s1. The predicted octanol–water partition coefficient (Wildman–Crippen LogP) is 5.30. The van der Waals surface area contributed by atoms with Gasteiger partial charge in [0.1, 0.15) is 24.0 Å². The van der Waals surface area contributed by atoms with Crippen LogP contribution in [0.1, 0.15) is 44.4 Å². The van der Waals surface area contributed by atoms with Gasteiger partial charge in [-0.05, 0) is 80.3 Å². The van der Waals surface area contributed by atoms with Crippen LogP contribution in [0.4, 0.5) is 10.5 Å². The Bertz CT molecular complexity index is 1090. The van der Waals surface area contributed by atoms with Crippen molar-refractivity contribution in [1.29, 1.82) is 0 Å². The number of pyridine rings is 1. The number of nitrogens with zero attached hydrogens (tertiary/aromatic N) is 1. The minimum atomic E-state index is -0.820. The monoisotopic (exact) mass is 475 g/mol. The Balaban J connectivity index is 1.67. The Morgan fingerprint density at radius 1 is 0.886 bits per heavy atom. The van der Waals surface area contributed by atoms with Gasteiger partial charge in [0, 0.05) is 24.5 Å². The summed E-state index contributed by atoms with van der Waals surface area (Å²) in [6, 6.07) is 18.1. The van der Waals surface area contributed by atoms with E-state index in [1.165, 1.54) is 5.56 Å². The molecule has 2 amide bonds. The van der Waals surface area contributed by atoms with Crippen molar-refractivity contribution in [3.05, 3.63) is 89.7 Å². The van der Waals surface area contributed by atoms with Gasteiger partial charge in [-0.2, -0.15) is 0 Å². The van der Waals surface area contributed by atoms with Crippen molar-refractivity contribution in [3.8, 4) is 5.75 Å². The molecular formula is C28H33N3O4. The lowest BCUT2D eigenvalue weighted by atomic mass is 10.0. The molecule has 3 aromatic rings. The van der Waals surface area contributed by atoms with Gasteiger partial charge in [0.05, 0.1) is 0 Å². The predicted molar refractivity (Wildman–Crippen MR) is 136 cm³/mol. The molecule has 0 unspecified atom stereocenters. The molecule has 1 atom stereocenters. The van der Waals surface area contributed by atoms with Crippen molar-refractivity contribution in [1.82, 2.24) is 10.3 Å². The average molecular weight is 476 g/mol. The van der Waals surface area contributed by atoms with Crippen LogP contribution in [0.25, 0.3) is 0 Å². The fraction of sp³-hybridized carbons (Fsp3) is 0.321. The second kappa shape index (κ2) is 12.0. The summed E-state index contributed by atoms with van der Waals surface area (Å²) in [7, 11) is 0. The van der Waals surface area contributed by atoms with E-state index in [0.717, 1.165) is 17.5 Å². The second-order valence-corrected chi connectivity index (χ2v) is 9.23. The van der Waals surface area contributed by atoms with E-state index in [1.54, 1.807) is 33.2 Å². The van der Waals surface area contributed by atoms with Crippen LogP contribution in [0.2, 0.25) is 0 Å². The zero-order chi connectivity index (χ0) is 25.3. The number of anilines is 1. The molecule has 0 bridgehead atoms. The summed E-state index contributed by atoms with van der Waals surface area (Å²) in [6.07, 6.45) is 4.02. The Morgan fingerprint density at radius 3 is 2.11 bits per heavy atom. The van der Waals surface area contributed by atoms with Crippen molar-refractivity contribution in [3.63, 3.8) is 0 Å². The summed E-state index contributed by atoms with van der Waals surface area (Å²) in [5.41, 5.74) is 3.07. The van der Waals surface area contributed by atoms with Crippen LogP contribution in [-0.2, 0) is 29.0 Å². The number of rotatable bonds is 9. The third-order valence-electron chi connectivity index (χ3n) is 5.16. The normalized spacial score (nSPS) is 11.9. The lowest BCUT2D eigenvalue weighted by Gasteiger charge is -2.23. The van der Waals surface area contributed by atoms with E-state index in [2.05, 4.69) is 22.5 Å². The molecule has 7 nitrogen and oxygen atoms in total. The van der Waals surface area contributed by atoms with Gasteiger partial charge in [0.2, 0.25) is 5.91 Å². The Hall–Kier alpha value is -3.87. The SMILES string of the molecule is CCc1ccc(NC(=O)[C@H](Cc2ccc(OCc3ccncc3)cc2)NC(=O)OC(C)(C)C)cc1. The van der Waals surface area contributed by atoms with Gasteiger partial charge in [-0.3, -0.25) is 9.78 Å². The van der Waals surface area contributed by atoms with Crippen LogP contribution >= 0.6 is 0 Å². The summed E-state index contributed by atoms with van der Waals surface area (Å²) in [5, 5.41) is 5.61. The first-order chi connectivity index (χ1) is 16.7. The van der Waals surface area contributed by atoms with Gasteiger partial charge in [0.15, 0.2) is 0 Å². The molecule has 0 aliphatic rings. The highest BCUT2D eigenvalue weighted by atomic mass is 16.6. The third kappa shape index (κ3) is 8.77. The van der Waals surface area contributed by atoms with E-state index in [4.69, 9.17) is 9.47 Å². The van der Waals surface area contributed by atoms with Crippen molar-refractivity contribution < 1.29 is 19.1 Å². The summed E-state index contributed by atoms with van der Waals surface area (Å²) in [4.78, 5) is 29.5. The van der Waals surface area contributed by atoms with Crippen molar-refractivity contribution in [2.24, 2.45) is 0 Å². The third-order valence-corrected chi connectivity index (χ3v) is 5.16. The number of amides is 2. The van der Waals surface area contributed by atoms with E-state index in [9.17, 15) is 9.59 Å². The number of benzene rings is 2. The molecule has 0 radical (unpaired) electrons. The van der Waals surface area contributed by atoms with Gasteiger partial charge in [0.25, 0.3) is 0 Å². The first-order valence-corrected chi connectivity index (χ1v) is 11.7. The maximum atomic E-state index is 13.1. The maximum Gasteiger partial charge on any atom is 0.408 e. The molecule has 0 aliphatic carbocycles. The molecule has 1 heterocycles. The minimum Gasteiger partial charge on any atom is -0.489 e. The van der Waals surface area contributed by atoms with Crippen LogP contribution in [-0.4, -0.2) is 28.6 Å². The van der Waals surface area contributed by atoms with E-state index < -0.39 is 17.7 Å². The molecule has 0 saturated carbocycles. The Kier molecular flexibility index (Phi) is 8.84. The molecule has 0 saturated heterocycles. The van der Waals surface area contributed by atoms with Gasteiger partial charge < -0.3 is 20.1 Å². The first-order valence-electron chi connectivity index (χ1n) is 11.7. The molecule has 35 heavy (non-hydrogen) atoms. The molecule has 184 valence electrons. The van der Waals surface area contributed by atoms with E-state index in [0.29, 0.717) is 24.5 Å². The van der Waals surface area contributed by atoms with Crippen LogP contribution < -0.4 is 15.4 Å². The second-order valence-electron chi connectivity index (χ2n) is 9.23. The molecular weight excluding hydrogens is 442 g/mol. The van der Waals surface area contributed by atoms with Crippen molar-refractivity contribution in [2.75, 3.05) is 5.32 Å². The smallest absolute Gasteiger partial charge is 0.408 e. The molecule has 0 fully saturated rings. The summed E-state index contributed by atoms with van der Waals surface area (Å²) in [5.74, 6) is 0.390. The number of nitrogens with one attached hydrogen (secondary N) is 2. The number of carbonyl (C=O) groups excluding carboxylic acids is 2. The van der Waals surface area contributed by atoms with Crippen molar-refractivity contribution in [2.45, 2.75) is 58.8 Å². The molecule has 0 spiro atoms. The zero-order valence-electron chi connectivity index (χ0n) is 20.7.